The van der Waals surface area contributed by atoms with E-state index in [1.165, 1.54) is 12.8 Å². The lowest BCUT2D eigenvalue weighted by molar-refractivity contribution is -0.120. The summed E-state index contributed by atoms with van der Waals surface area (Å²) in [6.07, 6.45) is 5.19. The molecular formula is C15H25N3O2. The van der Waals surface area contributed by atoms with Crippen LogP contribution < -0.4 is 10.6 Å². The largest absolute Gasteiger partial charge is 0.468 e. The van der Waals surface area contributed by atoms with Crippen LogP contribution in [0, 0.1) is 0 Å². The molecule has 1 amide bonds. The zero-order chi connectivity index (χ0) is 14.2. The highest BCUT2D eigenvalue weighted by atomic mass is 16.3. The van der Waals surface area contributed by atoms with Gasteiger partial charge in [-0.05, 0) is 51.0 Å². The van der Waals surface area contributed by atoms with E-state index in [2.05, 4.69) is 22.5 Å². The molecule has 1 unspecified atom stereocenters. The maximum absolute atomic E-state index is 11.8. The molecule has 0 aromatic carbocycles. The fourth-order valence-corrected chi connectivity index (χ4v) is 2.60. The molecule has 0 saturated carbocycles. The molecule has 0 bridgehead atoms. The van der Waals surface area contributed by atoms with E-state index in [-0.39, 0.29) is 11.9 Å². The van der Waals surface area contributed by atoms with Crippen molar-refractivity contribution in [3.8, 4) is 0 Å². The van der Waals surface area contributed by atoms with Gasteiger partial charge in [-0.25, -0.2) is 0 Å². The van der Waals surface area contributed by atoms with E-state index in [0.29, 0.717) is 13.1 Å². The third-order valence-corrected chi connectivity index (χ3v) is 3.66. The molecular weight excluding hydrogens is 254 g/mol. The van der Waals surface area contributed by atoms with Crippen molar-refractivity contribution in [2.24, 2.45) is 0 Å². The van der Waals surface area contributed by atoms with Crippen LogP contribution >= 0.6 is 0 Å². The second-order valence-electron chi connectivity index (χ2n) is 5.26. The van der Waals surface area contributed by atoms with Gasteiger partial charge in [0, 0.05) is 6.54 Å². The number of nitrogens with one attached hydrogen (secondary N) is 2. The first-order valence-corrected chi connectivity index (χ1v) is 7.56. The highest BCUT2D eigenvalue weighted by molar-refractivity contribution is 5.78. The second-order valence-corrected chi connectivity index (χ2v) is 5.26. The Hall–Kier alpha value is -1.33. The lowest BCUT2D eigenvalue weighted by Crippen LogP contribution is -2.40. The van der Waals surface area contributed by atoms with E-state index in [0.717, 1.165) is 31.8 Å². The van der Waals surface area contributed by atoms with Crippen LogP contribution in [0.15, 0.2) is 22.8 Å². The van der Waals surface area contributed by atoms with Crippen LogP contribution in [-0.2, 0) is 4.79 Å². The molecule has 112 valence electrons. The molecule has 1 aromatic heterocycles. The van der Waals surface area contributed by atoms with Gasteiger partial charge >= 0.3 is 0 Å². The number of hydrogen-bond donors (Lipinski definition) is 2. The number of carbonyl (C=O) groups excluding carboxylic acids is 1. The highest BCUT2D eigenvalue weighted by Crippen LogP contribution is 2.24. The van der Waals surface area contributed by atoms with Gasteiger partial charge in [-0.3, -0.25) is 9.69 Å². The number of rotatable bonds is 8. The summed E-state index contributed by atoms with van der Waals surface area (Å²) >= 11 is 0. The zero-order valence-electron chi connectivity index (χ0n) is 12.2. The molecule has 1 aliphatic rings. The Balaban J connectivity index is 1.83. The normalized spacial score (nSPS) is 17.2. The summed E-state index contributed by atoms with van der Waals surface area (Å²) in [5.74, 6) is 0.989. The van der Waals surface area contributed by atoms with Crippen molar-refractivity contribution in [2.45, 2.75) is 32.2 Å². The monoisotopic (exact) mass is 279 g/mol. The number of hydrogen-bond acceptors (Lipinski definition) is 4. The van der Waals surface area contributed by atoms with Crippen LogP contribution in [0.25, 0.3) is 0 Å². The number of carbonyl (C=O) groups is 1. The first kappa shape index (κ1) is 15.1. The van der Waals surface area contributed by atoms with Crippen molar-refractivity contribution in [1.82, 2.24) is 15.5 Å². The predicted molar refractivity (Wildman–Crippen MR) is 78.4 cm³/mol. The topological polar surface area (TPSA) is 57.5 Å². The number of furan rings is 1. The fourth-order valence-electron chi connectivity index (χ4n) is 2.60. The van der Waals surface area contributed by atoms with Crippen molar-refractivity contribution in [1.29, 1.82) is 0 Å². The first-order valence-electron chi connectivity index (χ1n) is 7.56. The molecule has 5 heteroatoms. The Morgan fingerprint density at radius 3 is 2.90 bits per heavy atom. The molecule has 2 rings (SSSR count). The summed E-state index contributed by atoms with van der Waals surface area (Å²) < 4.78 is 5.53. The second kappa shape index (κ2) is 8.07. The van der Waals surface area contributed by atoms with Crippen LogP contribution in [-0.4, -0.2) is 43.5 Å². The lowest BCUT2D eigenvalue weighted by atomic mass is 10.2. The van der Waals surface area contributed by atoms with E-state index in [1.54, 1.807) is 6.26 Å². The SMILES string of the molecule is CCCNCC(=O)NCC(c1ccco1)N1CCCC1. The van der Waals surface area contributed by atoms with Crippen LogP contribution in [0.5, 0.6) is 0 Å². The summed E-state index contributed by atoms with van der Waals surface area (Å²) in [5, 5.41) is 6.12. The molecule has 0 radical (unpaired) electrons. The fraction of sp³-hybridized carbons (Fsp3) is 0.667. The summed E-state index contributed by atoms with van der Waals surface area (Å²) in [6.45, 7) is 6.12. The molecule has 1 atom stereocenters. The van der Waals surface area contributed by atoms with Gasteiger partial charge in [-0.2, -0.15) is 0 Å². The highest BCUT2D eigenvalue weighted by Gasteiger charge is 2.25. The van der Waals surface area contributed by atoms with Crippen LogP contribution in [0.4, 0.5) is 0 Å². The van der Waals surface area contributed by atoms with Gasteiger partial charge in [-0.15, -0.1) is 0 Å². The van der Waals surface area contributed by atoms with Crippen LogP contribution in [0.3, 0.4) is 0 Å². The van der Waals surface area contributed by atoms with Gasteiger partial charge in [0.15, 0.2) is 0 Å². The van der Waals surface area contributed by atoms with Crippen molar-refractivity contribution < 1.29 is 9.21 Å². The van der Waals surface area contributed by atoms with E-state index in [4.69, 9.17) is 4.42 Å². The molecule has 20 heavy (non-hydrogen) atoms. The summed E-state index contributed by atoms with van der Waals surface area (Å²) in [6, 6.07) is 4.05. The van der Waals surface area contributed by atoms with Gasteiger partial charge in [0.1, 0.15) is 5.76 Å². The van der Waals surface area contributed by atoms with Gasteiger partial charge in [-0.1, -0.05) is 6.92 Å². The van der Waals surface area contributed by atoms with E-state index in [1.807, 2.05) is 12.1 Å². The van der Waals surface area contributed by atoms with E-state index < -0.39 is 0 Å². The van der Waals surface area contributed by atoms with Crippen LogP contribution in [0.2, 0.25) is 0 Å². The van der Waals surface area contributed by atoms with E-state index >= 15 is 0 Å². The van der Waals surface area contributed by atoms with Crippen molar-refractivity contribution in [3.05, 3.63) is 24.2 Å². The number of nitrogens with zero attached hydrogens (tertiary/aromatic N) is 1. The molecule has 1 fully saturated rings. The Kier molecular flexibility index (Phi) is 6.08. The molecule has 2 heterocycles. The summed E-state index contributed by atoms with van der Waals surface area (Å²) in [5.41, 5.74) is 0. The average Bonchev–Trinajstić information content (AvgIpc) is 3.12. The maximum Gasteiger partial charge on any atom is 0.234 e. The Bertz CT molecular complexity index is 386. The molecule has 1 saturated heterocycles. The Morgan fingerprint density at radius 1 is 1.45 bits per heavy atom. The minimum Gasteiger partial charge on any atom is -0.468 e. The van der Waals surface area contributed by atoms with Crippen molar-refractivity contribution in [2.75, 3.05) is 32.7 Å². The van der Waals surface area contributed by atoms with Gasteiger partial charge in [0.2, 0.25) is 5.91 Å². The van der Waals surface area contributed by atoms with Gasteiger partial charge < -0.3 is 15.1 Å². The zero-order valence-corrected chi connectivity index (χ0v) is 12.2. The quantitative estimate of drug-likeness (QED) is 0.709. The number of amides is 1. The molecule has 2 N–H and O–H groups in total. The van der Waals surface area contributed by atoms with Crippen LogP contribution in [0.1, 0.15) is 38.0 Å². The van der Waals surface area contributed by atoms with Gasteiger partial charge in [0.05, 0.1) is 18.8 Å². The Morgan fingerprint density at radius 2 is 2.25 bits per heavy atom. The molecule has 1 aromatic rings. The third kappa shape index (κ3) is 4.35. The van der Waals surface area contributed by atoms with Crippen molar-refractivity contribution >= 4 is 5.91 Å². The maximum atomic E-state index is 11.8. The smallest absolute Gasteiger partial charge is 0.234 e. The number of likely N-dealkylation sites (tertiary alicyclic amines) is 1. The lowest BCUT2D eigenvalue weighted by Gasteiger charge is -2.26. The average molecular weight is 279 g/mol. The van der Waals surface area contributed by atoms with Gasteiger partial charge in [0.25, 0.3) is 0 Å². The standard InChI is InChI=1S/C15H25N3O2/c1-2-7-16-12-15(19)17-11-13(14-6-5-10-20-14)18-8-3-4-9-18/h5-6,10,13,16H,2-4,7-9,11-12H2,1H3,(H,17,19). The molecule has 0 spiro atoms. The summed E-state index contributed by atoms with van der Waals surface area (Å²) in [4.78, 5) is 14.2. The minimum atomic E-state index is 0.0502. The van der Waals surface area contributed by atoms with Crippen molar-refractivity contribution in [3.63, 3.8) is 0 Å². The van der Waals surface area contributed by atoms with E-state index in [9.17, 15) is 4.79 Å². The predicted octanol–water partition coefficient (Wildman–Crippen LogP) is 1.53. The third-order valence-electron chi connectivity index (χ3n) is 3.66. The molecule has 0 aliphatic carbocycles. The molecule has 5 nitrogen and oxygen atoms in total. The minimum absolute atomic E-state index is 0.0502. The molecule has 1 aliphatic heterocycles. The summed E-state index contributed by atoms with van der Waals surface area (Å²) in [7, 11) is 0. The Labute approximate surface area is 120 Å². The first-order chi connectivity index (χ1) is 9.81.